The molecule has 2 saturated heterocycles. The molecule has 4 nitrogen and oxygen atoms in total. The molecule has 0 aromatic heterocycles. The molecule has 0 saturated carbocycles. The first-order valence-corrected chi connectivity index (χ1v) is 7.47. The van der Waals surface area contributed by atoms with E-state index in [2.05, 4.69) is 12.1 Å². The molecule has 1 aromatic carbocycles. The molecule has 0 N–H and O–H groups in total. The van der Waals surface area contributed by atoms with Crippen LogP contribution in [0.5, 0.6) is 0 Å². The second-order valence-electron chi connectivity index (χ2n) is 5.98. The lowest BCUT2D eigenvalue weighted by Gasteiger charge is -2.36. The van der Waals surface area contributed by atoms with Crippen LogP contribution in [0.1, 0.15) is 30.4 Å². The highest BCUT2D eigenvalue weighted by atomic mass is 16.2. The Morgan fingerprint density at radius 2 is 1.90 bits per heavy atom. The van der Waals surface area contributed by atoms with Gasteiger partial charge in [-0.2, -0.15) is 0 Å². The van der Waals surface area contributed by atoms with Crippen molar-refractivity contribution in [2.24, 2.45) is 0 Å². The SMILES string of the molecule is O=C1C2CCCN2C(=O)CN1c1ccc2c(c1)CCC2. The Morgan fingerprint density at radius 1 is 1.05 bits per heavy atom. The number of amides is 2. The highest BCUT2D eigenvalue weighted by molar-refractivity contribution is 6.06. The molecule has 1 atom stereocenters. The van der Waals surface area contributed by atoms with Crippen LogP contribution in [0.15, 0.2) is 18.2 Å². The Bertz CT molecular complexity index is 596. The van der Waals surface area contributed by atoms with Crippen LogP contribution in [0.3, 0.4) is 0 Å². The second-order valence-corrected chi connectivity index (χ2v) is 5.98. The predicted molar refractivity (Wildman–Crippen MR) is 75.6 cm³/mol. The van der Waals surface area contributed by atoms with Crippen LogP contribution in [0, 0.1) is 0 Å². The summed E-state index contributed by atoms with van der Waals surface area (Å²) in [4.78, 5) is 28.2. The fourth-order valence-corrected chi connectivity index (χ4v) is 3.75. The van der Waals surface area contributed by atoms with Gasteiger partial charge in [0.25, 0.3) is 0 Å². The number of benzene rings is 1. The van der Waals surface area contributed by atoms with Crippen molar-refractivity contribution in [2.45, 2.75) is 38.1 Å². The zero-order valence-corrected chi connectivity index (χ0v) is 11.5. The standard InChI is InChI=1S/C16H18N2O2/c19-15-10-18(16(20)14-5-2-8-17(14)15)13-7-6-11-3-1-4-12(11)9-13/h6-7,9,14H,1-5,8,10H2. The third-order valence-electron chi connectivity index (χ3n) is 4.81. The molecule has 4 heteroatoms. The van der Waals surface area contributed by atoms with Gasteiger partial charge in [-0.25, -0.2) is 0 Å². The lowest BCUT2D eigenvalue weighted by atomic mass is 10.1. The van der Waals surface area contributed by atoms with Gasteiger partial charge in [-0.3, -0.25) is 9.59 Å². The summed E-state index contributed by atoms with van der Waals surface area (Å²) in [7, 11) is 0. The maximum Gasteiger partial charge on any atom is 0.250 e. The van der Waals surface area contributed by atoms with E-state index < -0.39 is 0 Å². The van der Waals surface area contributed by atoms with Gasteiger partial charge in [0.1, 0.15) is 12.6 Å². The van der Waals surface area contributed by atoms with Gasteiger partial charge in [0.2, 0.25) is 11.8 Å². The number of piperazine rings is 1. The molecular formula is C16H18N2O2. The first kappa shape index (κ1) is 11.9. The molecule has 0 bridgehead atoms. The first-order valence-electron chi connectivity index (χ1n) is 7.47. The maximum atomic E-state index is 12.6. The number of aryl methyl sites for hydroxylation is 2. The average Bonchev–Trinajstić information content (AvgIpc) is 3.10. The Kier molecular flexibility index (Phi) is 2.59. The molecule has 2 aliphatic heterocycles. The summed E-state index contributed by atoms with van der Waals surface area (Å²) < 4.78 is 0. The molecule has 20 heavy (non-hydrogen) atoms. The number of anilines is 1. The van der Waals surface area contributed by atoms with Crippen molar-refractivity contribution in [1.82, 2.24) is 4.90 Å². The zero-order chi connectivity index (χ0) is 13.7. The lowest BCUT2D eigenvalue weighted by Crippen LogP contribution is -2.57. The van der Waals surface area contributed by atoms with Crippen molar-refractivity contribution < 1.29 is 9.59 Å². The van der Waals surface area contributed by atoms with E-state index in [1.807, 2.05) is 6.07 Å². The quantitative estimate of drug-likeness (QED) is 0.776. The Hall–Kier alpha value is -1.84. The highest BCUT2D eigenvalue weighted by Gasteiger charge is 2.42. The molecule has 0 radical (unpaired) electrons. The number of rotatable bonds is 1. The maximum absolute atomic E-state index is 12.6. The van der Waals surface area contributed by atoms with E-state index in [9.17, 15) is 9.59 Å². The summed E-state index contributed by atoms with van der Waals surface area (Å²) in [6.07, 6.45) is 5.18. The number of fused-ring (bicyclic) bond motifs is 2. The van der Waals surface area contributed by atoms with Crippen molar-refractivity contribution in [2.75, 3.05) is 18.0 Å². The van der Waals surface area contributed by atoms with E-state index in [-0.39, 0.29) is 24.4 Å². The molecule has 4 rings (SSSR count). The Labute approximate surface area is 118 Å². The molecule has 104 valence electrons. The van der Waals surface area contributed by atoms with Crippen molar-refractivity contribution >= 4 is 17.5 Å². The van der Waals surface area contributed by atoms with Crippen molar-refractivity contribution in [3.05, 3.63) is 29.3 Å². The number of hydrogen-bond acceptors (Lipinski definition) is 2. The van der Waals surface area contributed by atoms with E-state index in [1.165, 1.54) is 17.5 Å². The van der Waals surface area contributed by atoms with Crippen LogP contribution in [0.4, 0.5) is 5.69 Å². The zero-order valence-electron chi connectivity index (χ0n) is 11.5. The fourth-order valence-electron chi connectivity index (χ4n) is 3.75. The second kappa shape index (κ2) is 4.33. The normalized spacial score (nSPS) is 25.1. The van der Waals surface area contributed by atoms with Crippen LogP contribution < -0.4 is 4.90 Å². The summed E-state index contributed by atoms with van der Waals surface area (Å²) in [6, 6.07) is 6.01. The molecule has 0 spiro atoms. The Balaban J connectivity index is 1.68. The highest BCUT2D eigenvalue weighted by Crippen LogP contribution is 2.31. The topological polar surface area (TPSA) is 40.6 Å². The van der Waals surface area contributed by atoms with Crippen LogP contribution in [0.2, 0.25) is 0 Å². The van der Waals surface area contributed by atoms with E-state index in [1.54, 1.807) is 9.80 Å². The third kappa shape index (κ3) is 1.67. The van der Waals surface area contributed by atoms with E-state index in [4.69, 9.17) is 0 Å². The smallest absolute Gasteiger partial charge is 0.250 e. The summed E-state index contributed by atoms with van der Waals surface area (Å²) in [5, 5.41) is 0. The van der Waals surface area contributed by atoms with Gasteiger partial charge in [0.15, 0.2) is 0 Å². The number of hydrogen-bond donors (Lipinski definition) is 0. The minimum Gasteiger partial charge on any atom is -0.329 e. The molecule has 2 heterocycles. The van der Waals surface area contributed by atoms with Crippen LogP contribution in [-0.2, 0) is 22.4 Å². The number of carbonyl (C=O) groups excluding carboxylic acids is 2. The largest absolute Gasteiger partial charge is 0.329 e. The van der Waals surface area contributed by atoms with Crippen LogP contribution >= 0.6 is 0 Å². The van der Waals surface area contributed by atoms with Crippen LogP contribution in [-0.4, -0.2) is 35.8 Å². The van der Waals surface area contributed by atoms with Crippen LogP contribution in [0.25, 0.3) is 0 Å². The predicted octanol–water partition coefficient (Wildman–Crippen LogP) is 1.51. The van der Waals surface area contributed by atoms with E-state index in [0.717, 1.165) is 37.9 Å². The van der Waals surface area contributed by atoms with Gasteiger partial charge in [-0.1, -0.05) is 6.07 Å². The number of nitrogens with zero attached hydrogens (tertiary/aromatic N) is 2. The van der Waals surface area contributed by atoms with Crippen molar-refractivity contribution in [3.63, 3.8) is 0 Å². The lowest BCUT2D eigenvalue weighted by molar-refractivity contribution is -0.140. The van der Waals surface area contributed by atoms with Gasteiger partial charge in [-0.15, -0.1) is 0 Å². The first-order chi connectivity index (χ1) is 9.74. The van der Waals surface area contributed by atoms with E-state index >= 15 is 0 Å². The minimum absolute atomic E-state index is 0.0904. The van der Waals surface area contributed by atoms with Crippen molar-refractivity contribution in [1.29, 1.82) is 0 Å². The Morgan fingerprint density at radius 3 is 2.80 bits per heavy atom. The molecule has 2 amide bonds. The fraction of sp³-hybridized carbons (Fsp3) is 0.500. The molecular weight excluding hydrogens is 252 g/mol. The van der Waals surface area contributed by atoms with Gasteiger partial charge >= 0.3 is 0 Å². The van der Waals surface area contributed by atoms with Gasteiger partial charge in [-0.05, 0) is 55.4 Å². The van der Waals surface area contributed by atoms with E-state index in [0.29, 0.717) is 0 Å². The molecule has 2 fully saturated rings. The average molecular weight is 270 g/mol. The molecule has 1 aromatic rings. The third-order valence-corrected chi connectivity index (χ3v) is 4.81. The van der Waals surface area contributed by atoms with Gasteiger partial charge < -0.3 is 9.80 Å². The summed E-state index contributed by atoms with van der Waals surface area (Å²) in [5.74, 6) is 0.188. The minimum atomic E-state index is -0.218. The molecule has 3 aliphatic rings. The summed E-state index contributed by atoms with van der Waals surface area (Å²) >= 11 is 0. The molecule has 1 aliphatic carbocycles. The van der Waals surface area contributed by atoms with Gasteiger partial charge in [0, 0.05) is 12.2 Å². The summed E-state index contributed by atoms with van der Waals surface area (Å²) in [5.41, 5.74) is 3.64. The van der Waals surface area contributed by atoms with Gasteiger partial charge in [0.05, 0.1) is 0 Å². The monoisotopic (exact) mass is 270 g/mol. The molecule has 1 unspecified atom stereocenters. The number of carbonyl (C=O) groups is 2. The van der Waals surface area contributed by atoms with Crippen molar-refractivity contribution in [3.8, 4) is 0 Å². The summed E-state index contributed by atoms with van der Waals surface area (Å²) in [6.45, 7) is 0.946.